The normalized spacial score (nSPS) is 10.5. The lowest BCUT2D eigenvalue weighted by Crippen LogP contribution is -2.14. The molecule has 7 heteroatoms. The zero-order valence-electron chi connectivity index (χ0n) is 12.0. The number of pyridine rings is 1. The molecule has 0 unspecified atom stereocenters. The van der Waals surface area contributed by atoms with E-state index in [-0.39, 0.29) is 12.3 Å². The second-order valence-corrected chi connectivity index (χ2v) is 6.09. The molecule has 0 aliphatic carbocycles. The van der Waals surface area contributed by atoms with Crippen molar-refractivity contribution in [1.82, 2.24) is 9.97 Å². The summed E-state index contributed by atoms with van der Waals surface area (Å²) >= 11 is 7.42. The third kappa shape index (κ3) is 3.85. The van der Waals surface area contributed by atoms with E-state index < -0.39 is 0 Å². The molecule has 0 saturated heterocycles. The summed E-state index contributed by atoms with van der Waals surface area (Å²) in [4.78, 5) is 20.4. The summed E-state index contributed by atoms with van der Waals surface area (Å²) in [7, 11) is 0. The predicted molar refractivity (Wildman–Crippen MR) is 93.5 cm³/mol. The van der Waals surface area contributed by atoms with Gasteiger partial charge in [0.15, 0.2) is 5.13 Å². The van der Waals surface area contributed by atoms with E-state index in [2.05, 4.69) is 15.3 Å². The molecule has 23 heavy (non-hydrogen) atoms. The minimum atomic E-state index is -0.159. The van der Waals surface area contributed by atoms with E-state index in [1.165, 1.54) is 11.3 Å². The van der Waals surface area contributed by atoms with Crippen molar-refractivity contribution < 1.29 is 4.79 Å². The van der Waals surface area contributed by atoms with Crippen molar-refractivity contribution in [3.05, 3.63) is 58.6 Å². The summed E-state index contributed by atoms with van der Waals surface area (Å²) in [6.07, 6.45) is 1.83. The highest BCUT2D eigenvalue weighted by Gasteiger charge is 2.10. The third-order valence-corrected chi connectivity index (χ3v) is 4.26. The van der Waals surface area contributed by atoms with Crippen LogP contribution in [0.4, 0.5) is 10.9 Å². The molecule has 116 valence electrons. The van der Waals surface area contributed by atoms with Gasteiger partial charge in [-0.05, 0) is 23.8 Å². The van der Waals surface area contributed by atoms with E-state index in [0.717, 1.165) is 16.8 Å². The van der Waals surface area contributed by atoms with Gasteiger partial charge in [0.05, 0.1) is 12.1 Å². The van der Waals surface area contributed by atoms with Crippen LogP contribution in [0, 0.1) is 0 Å². The Morgan fingerprint density at radius 3 is 2.91 bits per heavy atom. The number of nitrogens with one attached hydrogen (secondary N) is 1. The third-order valence-electron chi connectivity index (χ3n) is 3.14. The molecule has 0 spiro atoms. The minimum Gasteiger partial charge on any atom is -0.384 e. The highest BCUT2D eigenvalue weighted by molar-refractivity contribution is 7.14. The molecule has 0 radical (unpaired) electrons. The molecule has 3 aromatic rings. The van der Waals surface area contributed by atoms with Crippen molar-refractivity contribution in [1.29, 1.82) is 0 Å². The standard InChI is InChI=1S/C16H13ClN4OS/c17-12-4-2-1-3-10(12)8-15(22)21-16-20-13(9-23-16)11-5-6-19-14(18)7-11/h1-7,9H,8H2,(H2,18,19)(H,20,21,22). The van der Waals surface area contributed by atoms with Gasteiger partial charge < -0.3 is 11.1 Å². The number of amides is 1. The highest BCUT2D eigenvalue weighted by Crippen LogP contribution is 2.25. The Balaban J connectivity index is 1.69. The molecule has 0 aliphatic heterocycles. The summed E-state index contributed by atoms with van der Waals surface area (Å²) in [5.41, 5.74) is 8.06. The Hall–Kier alpha value is -2.44. The second kappa shape index (κ2) is 6.76. The number of anilines is 2. The van der Waals surface area contributed by atoms with Gasteiger partial charge in [0.2, 0.25) is 5.91 Å². The molecule has 3 rings (SSSR count). The van der Waals surface area contributed by atoms with Crippen LogP contribution >= 0.6 is 22.9 Å². The smallest absolute Gasteiger partial charge is 0.230 e. The van der Waals surface area contributed by atoms with Gasteiger partial charge in [0, 0.05) is 22.2 Å². The number of carbonyl (C=O) groups excluding carboxylic acids is 1. The van der Waals surface area contributed by atoms with Gasteiger partial charge in [-0.1, -0.05) is 29.8 Å². The van der Waals surface area contributed by atoms with Crippen molar-refractivity contribution in [3.63, 3.8) is 0 Å². The van der Waals surface area contributed by atoms with Crippen LogP contribution in [0.2, 0.25) is 5.02 Å². The van der Waals surface area contributed by atoms with E-state index in [1.54, 1.807) is 18.3 Å². The van der Waals surface area contributed by atoms with Crippen molar-refractivity contribution >= 4 is 39.8 Å². The second-order valence-electron chi connectivity index (χ2n) is 4.82. The maximum Gasteiger partial charge on any atom is 0.230 e. The maximum absolute atomic E-state index is 12.1. The molecule has 5 nitrogen and oxygen atoms in total. The summed E-state index contributed by atoms with van der Waals surface area (Å²) in [5.74, 6) is 0.271. The van der Waals surface area contributed by atoms with Crippen LogP contribution in [0.1, 0.15) is 5.56 Å². The first-order chi connectivity index (χ1) is 11.1. The first kappa shape index (κ1) is 15.5. The zero-order valence-corrected chi connectivity index (χ0v) is 13.6. The lowest BCUT2D eigenvalue weighted by molar-refractivity contribution is -0.115. The number of hydrogen-bond donors (Lipinski definition) is 2. The van der Waals surface area contributed by atoms with Crippen LogP contribution in [-0.2, 0) is 11.2 Å². The number of hydrogen-bond acceptors (Lipinski definition) is 5. The van der Waals surface area contributed by atoms with Gasteiger partial charge in [-0.2, -0.15) is 0 Å². The fraction of sp³-hybridized carbons (Fsp3) is 0.0625. The molecule has 1 amide bonds. The Labute approximate surface area is 142 Å². The van der Waals surface area contributed by atoms with Gasteiger partial charge in [0.25, 0.3) is 0 Å². The Kier molecular flexibility index (Phi) is 4.55. The van der Waals surface area contributed by atoms with E-state index in [0.29, 0.717) is 16.0 Å². The van der Waals surface area contributed by atoms with Crippen LogP contribution in [0.25, 0.3) is 11.3 Å². The van der Waals surface area contributed by atoms with E-state index in [9.17, 15) is 4.79 Å². The van der Waals surface area contributed by atoms with Gasteiger partial charge in [-0.3, -0.25) is 4.79 Å². The van der Waals surface area contributed by atoms with Gasteiger partial charge >= 0.3 is 0 Å². The van der Waals surface area contributed by atoms with E-state index >= 15 is 0 Å². The number of halogens is 1. The largest absolute Gasteiger partial charge is 0.384 e. The van der Waals surface area contributed by atoms with Crippen LogP contribution in [-0.4, -0.2) is 15.9 Å². The minimum absolute atomic E-state index is 0.159. The first-order valence-corrected chi connectivity index (χ1v) is 8.08. The maximum atomic E-state index is 12.1. The van der Waals surface area contributed by atoms with Crippen LogP contribution in [0.15, 0.2) is 48.0 Å². The molecule has 1 aromatic carbocycles. The molecular weight excluding hydrogens is 332 g/mol. The van der Waals surface area contributed by atoms with E-state index in [4.69, 9.17) is 17.3 Å². The average molecular weight is 345 g/mol. The summed E-state index contributed by atoms with van der Waals surface area (Å²) in [5, 5.41) is 5.76. The topological polar surface area (TPSA) is 80.9 Å². The molecule has 0 fully saturated rings. The number of rotatable bonds is 4. The molecule has 2 heterocycles. The van der Waals surface area contributed by atoms with Crippen molar-refractivity contribution in [2.24, 2.45) is 0 Å². The van der Waals surface area contributed by atoms with Gasteiger partial charge in [0.1, 0.15) is 5.82 Å². The molecule has 3 N–H and O–H groups in total. The molecule has 0 aliphatic rings. The average Bonchev–Trinajstić information content (AvgIpc) is 2.98. The lowest BCUT2D eigenvalue weighted by Gasteiger charge is -2.04. The fourth-order valence-electron chi connectivity index (χ4n) is 2.05. The quantitative estimate of drug-likeness (QED) is 0.757. The van der Waals surface area contributed by atoms with Crippen LogP contribution < -0.4 is 11.1 Å². The molecule has 0 saturated carbocycles. The number of nitrogen functional groups attached to an aromatic ring is 1. The zero-order chi connectivity index (χ0) is 16.2. The lowest BCUT2D eigenvalue weighted by atomic mass is 10.1. The van der Waals surface area contributed by atoms with E-state index in [1.807, 2.05) is 29.6 Å². The SMILES string of the molecule is Nc1cc(-c2csc(NC(=O)Cc3ccccc3Cl)n2)ccn1. The summed E-state index contributed by atoms with van der Waals surface area (Å²) < 4.78 is 0. The molecule has 0 bridgehead atoms. The van der Waals surface area contributed by atoms with Crippen LogP contribution in [0.3, 0.4) is 0 Å². The molecular formula is C16H13ClN4OS. The van der Waals surface area contributed by atoms with Crippen molar-refractivity contribution in [3.8, 4) is 11.3 Å². The predicted octanol–water partition coefficient (Wildman–Crippen LogP) is 3.62. The first-order valence-electron chi connectivity index (χ1n) is 6.82. The highest BCUT2D eigenvalue weighted by atomic mass is 35.5. The Morgan fingerprint density at radius 1 is 1.30 bits per heavy atom. The van der Waals surface area contributed by atoms with Gasteiger partial charge in [-0.15, -0.1) is 11.3 Å². The van der Waals surface area contributed by atoms with Crippen molar-refractivity contribution in [2.75, 3.05) is 11.1 Å². The van der Waals surface area contributed by atoms with Gasteiger partial charge in [-0.25, -0.2) is 9.97 Å². The number of carbonyl (C=O) groups is 1. The van der Waals surface area contributed by atoms with Crippen LogP contribution in [0.5, 0.6) is 0 Å². The number of nitrogens with zero attached hydrogens (tertiary/aromatic N) is 2. The fourth-order valence-corrected chi connectivity index (χ4v) is 2.99. The summed E-state index contributed by atoms with van der Waals surface area (Å²) in [6.45, 7) is 0. The Morgan fingerprint density at radius 2 is 2.13 bits per heavy atom. The van der Waals surface area contributed by atoms with Crippen molar-refractivity contribution in [2.45, 2.75) is 6.42 Å². The monoisotopic (exact) mass is 344 g/mol. The Bertz CT molecular complexity index is 849. The number of benzene rings is 1. The molecule has 0 atom stereocenters. The molecule has 2 aromatic heterocycles. The number of aromatic nitrogens is 2. The number of thiazole rings is 1. The number of nitrogens with two attached hydrogens (primary N) is 1. The summed E-state index contributed by atoms with van der Waals surface area (Å²) in [6, 6.07) is 10.8.